The first-order valence-corrected chi connectivity index (χ1v) is 6.78. The molecule has 1 atom stereocenters. The smallest absolute Gasteiger partial charge is 0.121 e. The first-order chi connectivity index (χ1) is 9.08. The maximum Gasteiger partial charge on any atom is 0.121 e. The van der Waals surface area contributed by atoms with Gasteiger partial charge in [-0.25, -0.2) is 0 Å². The highest BCUT2D eigenvalue weighted by Gasteiger charge is 2.09. The molecule has 2 N–H and O–H groups in total. The van der Waals surface area contributed by atoms with Gasteiger partial charge in [-0.2, -0.15) is 0 Å². The predicted octanol–water partition coefficient (Wildman–Crippen LogP) is 4.55. The molecule has 19 heavy (non-hydrogen) atoms. The van der Waals surface area contributed by atoms with Crippen molar-refractivity contribution in [1.29, 1.82) is 0 Å². The normalized spacial score (nSPS) is 12.4. The van der Waals surface area contributed by atoms with E-state index in [4.69, 9.17) is 23.2 Å². The standard InChI is InChI=1S/C15H15Cl2NO/c1-10(11-4-2-5-12(16)8-11)18-9-13-14(17)6-3-7-15(13)19/h2-8,10,18-19H,9H2,1H3/t10-/m0/s1. The molecule has 100 valence electrons. The molecule has 2 rings (SSSR count). The summed E-state index contributed by atoms with van der Waals surface area (Å²) >= 11 is 12.0. The molecular weight excluding hydrogens is 281 g/mol. The number of halogens is 2. The average molecular weight is 296 g/mol. The minimum absolute atomic E-state index is 0.120. The van der Waals surface area contributed by atoms with E-state index in [1.807, 2.05) is 31.2 Å². The largest absolute Gasteiger partial charge is 0.508 e. The highest BCUT2D eigenvalue weighted by atomic mass is 35.5. The van der Waals surface area contributed by atoms with Crippen LogP contribution in [0.4, 0.5) is 0 Å². The van der Waals surface area contributed by atoms with Crippen LogP contribution in [0.5, 0.6) is 5.75 Å². The Morgan fingerprint density at radius 2 is 1.89 bits per heavy atom. The Morgan fingerprint density at radius 1 is 1.16 bits per heavy atom. The van der Waals surface area contributed by atoms with E-state index in [9.17, 15) is 5.11 Å². The van der Waals surface area contributed by atoms with Gasteiger partial charge in [0.15, 0.2) is 0 Å². The third kappa shape index (κ3) is 3.63. The van der Waals surface area contributed by atoms with Gasteiger partial charge >= 0.3 is 0 Å². The quantitative estimate of drug-likeness (QED) is 0.867. The molecule has 0 saturated heterocycles. The van der Waals surface area contributed by atoms with Crippen LogP contribution in [0, 0.1) is 0 Å². The summed E-state index contributed by atoms with van der Waals surface area (Å²) in [5.41, 5.74) is 1.80. The van der Waals surface area contributed by atoms with E-state index in [1.54, 1.807) is 18.2 Å². The van der Waals surface area contributed by atoms with Crippen molar-refractivity contribution in [3.63, 3.8) is 0 Å². The summed E-state index contributed by atoms with van der Waals surface area (Å²) in [6.07, 6.45) is 0. The van der Waals surface area contributed by atoms with E-state index < -0.39 is 0 Å². The Bertz CT molecular complexity index is 552. The van der Waals surface area contributed by atoms with Gasteiger partial charge in [-0.15, -0.1) is 0 Å². The number of benzene rings is 2. The van der Waals surface area contributed by atoms with Crippen LogP contribution in [-0.4, -0.2) is 5.11 Å². The number of hydrogen-bond donors (Lipinski definition) is 2. The summed E-state index contributed by atoms with van der Waals surface area (Å²) < 4.78 is 0. The molecule has 0 radical (unpaired) electrons. The fraction of sp³-hybridized carbons (Fsp3) is 0.200. The SMILES string of the molecule is C[C@H](NCc1c(O)cccc1Cl)c1cccc(Cl)c1. The molecule has 0 bridgehead atoms. The van der Waals surface area contributed by atoms with Crippen LogP contribution >= 0.6 is 23.2 Å². The topological polar surface area (TPSA) is 32.3 Å². The van der Waals surface area contributed by atoms with Gasteiger partial charge in [-0.05, 0) is 36.8 Å². The van der Waals surface area contributed by atoms with Gasteiger partial charge in [0.2, 0.25) is 0 Å². The van der Waals surface area contributed by atoms with Crippen molar-refractivity contribution >= 4 is 23.2 Å². The second kappa shape index (κ2) is 6.29. The van der Waals surface area contributed by atoms with Gasteiger partial charge in [-0.3, -0.25) is 0 Å². The molecule has 2 aromatic rings. The van der Waals surface area contributed by atoms with Gasteiger partial charge in [-0.1, -0.05) is 41.4 Å². The van der Waals surface area contributed by atoms with Crippen molar-refractivity contribution in [3.05, 3.63) is 63.6 Å². The summed E-state index contributed by atoms with van der Waals surface area (Å²) in [6, 6.07) is 12.9. The molecule has 2 aromatic carbocycles. The molecule has 0 unspecified atom stereocenters. The van der Waals surface area contributed by atoms with E-state index >= 15 is 0 Å². The van der Waals surface area contributed by atoms with Crippen molar-refractivity contribution in [2.45, 2.75) is 19.5 Å². The van der Waals surface area contributed by atoms with E-state index in [2.05, 4.69) is 5.32 Å². The second-order valence-electron chi connectivity index (χ2n) is 4.40. The van der Waals surface area contributed by atoms with Crippen molar-refractivity contribution in [1.82, 2.24) is 5.32 Å². The van der Waals surface area contributed by atoms with Crippen molar-refractivity contribution in [2.75, 3.05) is 0 Å². The molecule has 0 aliphatic carbocycles. The summed E-state index contributed by atoms with van der Waals surface area (Å²) in [7, 11) is 0. The van der Waals surface area contributed by atoms with Crippen LogP contribution in [-0.2, 0) is 6.54 Å². The maximum absolute atomic E-state index is 9.77. The number of nitrogens with one attached hydrogen (secondary N) is 1. The monoisotopic (exact) mass is 295 g/mol. The number of aromatic hydroxyl groups is 1. The third-order valence-corrected chi connectivity index (χ3v) is 3.62. The van der Waals surface area contributed by atoms with E-state index in [-0.39, 0.29) is 11.8 Å². The van der Waals surface area contributed by atoms with Crippen LogP contribution in [0.3, 0.4) is 0 Å². The molecule has 0 spiro atoms. The Morgan fingerprint density at radius 3 is 2.58 bits per heavy atom. The van der Waals surface area contributed by atoms with Crippen LogP contribution in [0.25, 0.3) is 0 Å². The second-order valence-corrected chi connectivity index (χ2v) is 5.24. The summed E-state index contributed by atoms with van der Waals surface area (Å²) in [6.45, 7) is 2.54. The molecule has 0 aliphatic heterocycles. The van der Waals surface area contributed by atoms with Crippen molar-refractivity contribution in [3.8, 4) is 5.75 Å². The Balaban J connectivity index is 2.06. The van der Waals surface area contributed by atoms with Crippen molar-refractivity contribution in [2.24, 2.45) is 0 Å². The highest BCUT2D eigenvalue weighted by molar-refractivity contribution is 6.31. The van der Waals surface area contributed by atoms with Crippen LogP contribution in [0.15, 0.2) is 42.5 Å². The molecule has 0 amide bonds. The lowest BCUT2D eigenvalue weighted by Gasteiger charge is -2.16. The lowest BCUT2D eigenvalue weighted by Crippen LogP contribution is -2.18. The molecule has 0 heterocycles. The number of phenolic OH excluding ortho intramolecular Hbond substituents is 1. The maximum atomic E-state index is 9.77. The van der Waals surface area contributed by atoms with Gasteiger partial charge in [0.05, 0.1) is 0 Å². The molecule has 0 saturated carbocycles. The minimum Gasteiger partial charge on any atom is -0.508 e. The van der Waals surface area contributed by atoms with E-state index in [0.29, 0.717) is 22.2 Å². The van der Waals surface area contributed by atoms with Gasteiger partial charge < -0.3 is 10.4 Å². The first-order valence-electron chi connectivity index (χ1n) is 6.03. The molecular formula is C15H15Cl2NO. The molecule has 4 heteroatoms. The molecule has 0 aromatic heterocycles. The first kappa shape index (κ1) is 14.2. The molecule has 0 aliphatic rings. The van der Waals surface area contributed by atoms with Gasteiger partial charge in [0.1, 0.15) is 5.75 Å². The summed E-state index contributed by atoms with van der Waals surface area (Å²) in [5.74, 6) is 0.207. The van der Waals surface area contributed by atoms with Crippen LogP contribution in [0.1, 0.15) is 24.1 Å². The molecule has 0 fully saturated rings. The number of rotatable bonds is 4. The zero-order chi connectivity index (χ0) is 13.8. The van der Waals surface area contributed by atoms with Gasteiger partial charge in [0, 0.05) is 28.2 Å². The van der Waals surface area contributed by atoms with Crippen LogP contribution in [0.2, 0.25) is 10.0 Å². The Kier molecular flexibility index (Phi) is 4.70. The zero-order valence-corrected chi connectivity index (χ0v) is 12.0. The Hall–Kier alpha value is -1.22. The fourth-order valence-corrected chi connectivity index (χ4v) is 2.31. The number of phenols is 1. The van der Waals surface area contributed by atoms with Crippen molar-refractivity contribution < 1.29 is 5.11 Å². The zero-order valence-electron chi connectivity index (χ0n) is 10.5. The lowest BCUT2D eigenvalue weighted by atomic mass is 10.1. The minimum atomic E-state index is 0.120. The summed E-state index contributed by atoms with van der Waals surface area (Å²) in [5, 5.41) is 14.4. The fourth-order valence-electron chi connectivity index (χ4n) is 1.87. The third-order valence-electron chi connectivity index (χ3n) is 3.03. The molecule has 2 nitrogen and oxygen atoms in total. The van der Waals surface area contributed by atoms with E-state index in [0.717, 1.165) is 5.56 Å². The van der Waals surface area contributed by atoms with Crippen LogP contribution < -0.4 is 5.32 Å². The lowest BCUT2D eigenvalue weighted by molar-refractivity contribution is 0.460. The summed E-state index contributed by atoms with van der Waals surface area (Å²) in [4.78, 5) is 0. The average Bonchev–Trinajstić information content (AvgIpc) is 2.38. The Labute approximate surface area is 123 Å². The van der Waals surface area contributed by atoms with Gasteiger partial charge in [0.25, 0.3) is 0 Å². The predicted molar refractivity (Wildman–Crippen MR) is 79.8 cm³/mol. The van der Waals surface area contributed by atoms with E-state index in [1.165, 1.54) is 0 Å². The highest BCUT2D eigenvalue weighted by Crippen LogP contribution is 2.26. The number of hydrogen-bond acceptors (Lipinski definition) is 2.